The highest BCUT2D eigenvalue weighted by atomic mass is 32.2. The average molecular weight is 478 g/mol. The number of ether oxygens (including phenoxy) is 1. The number of benzene rings is 1. The first-order valence-corrected chi connectivity index (χ1v) is 12.7. The number of rotatable bonds is 9. The first-order chi connectivity index (χ1) is 15.8. The third kappa shape index (κ3) is 5.39. The fourth-order valence-corrected chi connectivity index (χ4v) is 5.59. The Hall–Kier alpha value is -2.85. The van der Waals surface area contributed by atoms with Gasteiger partial charge in [0.2, 0.25) is 15.9 Å². The molecule has 1 atom stereocenters. The summed E-state index contributed by atoms with van der Waals surface area (Å²) in [6, 6.07) is 7.09. The van der Waals surface area contributed by atoms with Crippen LogP contribution in [-0.4, -0.2) is 61.7 Å². The van der Waals surface area contributed by atoms with E-state index >= 15 is 0 Å². The molecule has 1 aromatic heterocycles. The predicted octanol–water partition coefficient (Wildman–Crippen LogP) is 3.34. The number of nitrogens with zero attached hydrogens (tertiary/aromatic N) is 2. The van der Waals surface area contributed by atoms with Crippen molar-refractivity contribution in [2.45, 2.75) is 51.0 Å². The van der Waals surface area contributed by atoms with Gasteiger partial charge in [0.05, 0.1) is 12.9 Å². The summed E-state index contributed by atoms with van der Waals surface area (Å²) >= 11 is 0. The summed E-state index contributed by atoms with van der Waals surface area (Å²) in [4.78, 5) is 27.5. The lowest BCUT2D eigenvalue weighted by molar-refractivity contribution is -0.121. The number of anilines is 1. The van der Waals surface area contributed by atoms with Crippen LogP contribution in [0, 0.1) is 0 Å². The van der Waals surface area contributed by atoms with E-state index in [-0.39, 0.29) is 28.2 Å². The first kappa shape index (κ1) is 24.8. The Kier molecular flexibility index (Phi) is 8.15. The lowest BCUT2D eigenvalue weighted by atomic mass is 10.0. The number of carbonyl (C=O) groups is 2. The third-order valence-electron chi connectivity index (χ3n) is 5.63. The molecule has 0 spiro atoms. The number of carbonyl (C=O) groups excluding carboxylic acids is 2. The molecule has 1 fully saturated rings. The summed E-state index contributed by atoms with van der Waals surface area (Å²) in [5.41, 5.74) is 0.324. The normalized spacial score (nSPS) is 16.6. The molecule has 2 heterocycles. The van der Waals surface area contributed by atoms with Crippen molar-refractivity contribution in [3.63, 3.8) is 0 Å². The molecule has 1 aromatic carbocycles. The average Bonchev–Trinajstić information content (AvgIpc) is 3.35. The van der Waals surface area contributed by atoms with Crippen molar-refractivity contribution in [1.29, 1.82) is 0 Å². The maximum atomic E-state index is 13.2. The fraction of sp³-hybridized carbons (Fsp3) is 0.478. The minimum atomic E-state index is -3.81. The SMILES string of the molecule is CCOc1ccc(NC(=O)C2CCCCN2C(=O)c2ccco2)cc1S(=O)(=O)N(CC)CC. The van der Waals surface area contributed by atoms with Crippen molar-refractivity contribution in [3.8, 4) is 5.75 Å². The number of hydrogen-bond donors (Lipinski definition) is 1. The summed E-state index contributed by atoms with van der Waals surface area (Å²) in [5.74, 6) is -0.292. The summed E-state index contributed by atoms with van der Waals surface area (Å²) < 4.78 is 38.4. The molecule has 1 saturated heterocycles. The molecular formula is C23H31N3O6S. The van der Waals surface area contributed by atoms with Gasteiger partial charge < -0.3 is 19.4 Å². The van der Waals surface area contributed by atoms with Gasteiger partial charge >= 0.3 is 0 Å². The van der Waals surface area contributed by atoms with Crippen LogP contribution >= 0.6 is 0 Å². The fourth-order valence-electron chi connectivity index (χ4n) is 3.98. The van der Waals surface area contributed by atoms with Crippen LogP contribution in [0.3, 0.4) is 0 Å². The highest BCUT2D eigenvalue weighted by molar-refractivity contribution is 7.89. The Morgan fingerprint density at radius 3 is 2.58 bits per heavy atom. The van der Waals surface area contributed by atoms with Gasteiger partial charge in [0, 0.05) is 25.3 Å². The zero-order valence-electron chi connectivity index (χ0n) is 19.2. The molecule has 2 amide bonds. The van der Waals surface area contributed by atoms with E-state index in [1.807, 2.05) is 0 Å². The van der Waals surface area contributed by atoms with Crippen molar-refractivity contribution in [2.75, 3.05) is 31.6 Å². The number of nitrogens with one attached hydrogen (secondary N) is 1. The van der Waals surface area contributed by atoms with Crippen LogP contribution in [0.1, 0.15) is 50.6 Å². The molecule has 2 aromatic rings. The van der Waals surface area contributed by atoms with E-state index in [0.29, 0.717) is 38.3 Å². The van der Waals surface area contributed by atoms with Crippen LogP contribution < -0.4 is 10.1 Å². The van der Waals surface area contributed by atoms with Gasteiger partial charge in [0.15, 0.2) is 5.76 Å². The zero-order chi connectivity index (χ0) is 24.0. The molecule has 0 saturated carbocycles. The standard InChI is InChI=1S/C23H31N3O6S/c1-4-25(5-2)33(29,30)21-16-17(12-13-19(21)31-6-3)24-22(27)18-10-7-8-14-26(18)23(28)20-11-9-15-32-20/h9,11-13,15-16,18H,4-8,10,14H2,1-3H3,(H,24,27). The van der Waals surface area contributed by atoms with Crippen molar-refractivity contribution in [2.24, 2.45) is 0 Å². The van der Waals surface area contributed by atoms with E-state index in [1.165, 1.54) is 21.5 Å². The number of hydrogen-bond acceptors (Lipinski definition) is 6. The maximum Gasteiger partial charge on any atom is 0.290 e. The van der Waals surface area contributed by atoms with E-state index in [2.05, 4.69) is 5.32 Å². The van der Waals surface area contributed by atoms with Gasteiger partial charge in [-0.25, -0.2) is 8.42 Å². The highest BCUT2D eigenvalue weighted by Gasteiger charge is 2.34. The van der Waals surface area contributed by atoms with Crippen LogP contribution in [0.25, 0.3) is 0 Å². The second-order valence-corrected chi connectivity index (χ2v) is 9.57. The monoisotopic (exact) mass is 477 g/mol. The smallest absolute Gasteiger partial charge is 0.290 e. The molecule has 10 heteroatoms. The van der Waals surface area contributed by atoms with E-state index in [0.717, 1.165) is 12.8 Å². The molecular weight excluding hydrogens is 446 g/mol. The summed E-state index contributed by atoms with van der Waals surface area (Å²) in [6.07, 6.45) is 3.54. The third-order valence-corrected chi connectivity index (χ3v) is 7.70. The summed E-state index contributed by atoms with van der Waals surface area (Å²) in [5, 5.41) is 2.80. The van der Waals surface area contributed by atoms with E-state index in [9.17, 15) is 18.0 Å². The second kappa shape index (κ2) is 10.8. The van der Waals surface area contributed by atoms with Crippen LogP contribution in [0.4, 0.5) is 5.69 Å². The van der Waals surface area contributed by atoms with Crippen molar-refractivity contribution >= 4 is 27.5 Å². The molecule has 1 N–H and O–H groups in total. The minimum Gasteiger partial charge on any atom is -0.492 e. The number of likely N-dealkylation sites (tertiary alicyclic amines) is 1. The van der Waals surface area contributed by atoms with Crippen LogP contribution in [-0.2, 0) is 14.8 Å². The molecule has 1 unspecified atom stereocenters. The largest absolute Gasteiger partial charge is 0.492 e. The lowest BCUT2D eigenvalue weighted by Gasteiger charge is -2.34. The van der Waals surface area contributed by atoms with Gasteiger partial charge in [-0.15, -0.1) is 0 Å². The van der Waals surface area contributed by atoms with Gasteiger partial charge in [-0.2, -0.15) is 4.31 Å². The highest BCUT2D eigenvalue weighted by Crippen LogP contribution is 2.30. The Labute approximate surface area is 194 Å². The predicted molar refractivity (Wildman–Crippen MR) is 124 cm³/mol. The lowest BCUT2D eigenvalue weighted by Crippen LogP contribution is -2.49. The summed E-state index contributed by atoms with van der Waals surface area (Å²) in [7, 11) is -3.81. The van der Waals surface area contributed by atoms with E-state index in [1.54, 1.807) is 45.0 Å². The maximum absolute atomic E-state index is 13.2. The first-order valence-electron chi connectivity index (χ1n) is 11.3. The molecule has 1 aliphatic heterocycles. The van der Waals surface area contributed by atoms with Crippen LogP contribution in [0.15, 0.2) is 45.9 Å². The minimum absolute atomic E-state index is 0.00184. The Balaban J connectivity index is 1.87. The zero-order valence-corrected chi connectivity index (χ0v) is 20.1. The number of furan rings is 1. The molecule has 1 aliphatic rings. The quantitative estimate of drug-likeness (QED) is 0.593. The molecule has 33 heavy (non-hydrogen) atoms. The number of piperidine rings is 1. The molecule has 0 aliphatic carbocycles. The van der Waals surface area contributed by atoms with Crippen LogP contribution in [0.5, 0.6) is 5.75 Å². The van der Waals surface area contributed by atoms with Crippen molar-refractivity contribution in [1.82, 2.24) is 9.21 Å². The Bertz CT molecular complexity index is 1060. The summed E-state index contributed by atoms with van der Waals surface area (Å²) in [6.45, 7) is 6.68. The van der Waals surface area contributed by atoms with Gasteiger partial charge in [0.1, 0.15) is 16.7 Å². The molecule has 0 bridgehead atoms. The van der Waals surface area contributed by atoms with E-state index < -0.39 is 16.1 Å². The van der Waals surface area contributed by atoms with Gasteiger partial charge in [-0.1, -0.05) is 13.8 Å². The topological polar surface area (TPSA) is 109 Å². The number of sulfonamides is 1. The second-order valence-electron chi connectivity index (χ2n) is 7.66. The van der Waals surface area contributed by atoms with Gasteiger partial charge in [-0.05, 0) is 56.5 Å². The molecule has 0 radical (unpaired) electrons. The van der Waals surface area contributed by atoms with Crippen LogP contribution in [0.2, 0.25) is 0 Å². The molecule has 180 valence electrons. The molecule has 9 nitrogen and oxygen atoms in total. The van der Waals surface area contributed by atoms with Crippen molar-refractivity contribution < 1.29 is 27.2 Å². The Morgan fingerprint density at radius 1 is 1.18 bits per heavy atom. The van der Waals surface area contributed by atoms with Crippen molar-refractivity contribution in [3.05, 3.63) is 42.4 Å². The van der Waals surface area contributed by atoms with E-state index in [4.69, 9.17) is 9.15 Å². The van der Waals surface area contributed by atoms with Gasteiger partial charge in [-0.3, -0.25) is 9.59 Å². The van der Waals surface area contributed by atoms with Gasteiger partial charge in [0.25, 0.3) is 5.91 Å². The molecule has 3 rings (SSSR count). The Morgan fingerprint density at radius 2 is 1.94 bits per heavy atom. The number of amides is 2.